The number of nitrogens with one attached hydrogen (secondary N) is 1. The number of aromatic nitrogens is 2. The van der Waals surface area contributed by atoms with Crippen LogP contribution in [-0.4, -0.2) is 27.1 Å². The molecule has 2 aliphatic heterocycles. The molecular formula is C15H12F4N4O2. The van der Waals surface area contributed by atoms with E-state index < -0.39 is 23.9 Å². The SMILES string of the molecule is O=C(Nc1cc(C(F)(F)F)on1)N1[C@@H]2CC[C@H]1c1ccnc(F)c1C2. The van der Waals surface area contributed by atoms with Crippen LogP contribution in [0, 0.1) is 5.95 Å². The Kier molecular flexibility index (Phi) is 3.44. The van der Waals surface area contributed by atoms with E-state index >= 15 is 0 Å². The van der Waals surface area contributed by atoms with E-state index in [1.807, 2.05) is 0 Å². The summed E-state index contributed by atoms with van der Waals surface area (Å²) >= 11 is 0. The standard InChI is InChI=1S/C15H12F4N4O2/c16-13-9-5-7-1-2-10(8(9)3-4-20-13)23(7)14(24)21-12-6-11(25-22-12)15(17,18)19/h3-4,6-7,10H,1-2,5H2,(H,21,22,24)/t7-,10+/m1/s1. The number of carbonyl (C=O) groups is 1. The fraction of sp³-hybridized carbons (Fsp3) is 0.400. The number of urea groups is 1. The van der Waals surface area contributed by atoms with E-state index in [1.165, 1.54) is 11.1 Å². The molecule has 2 atom stereocenters. The summed E-state index contributed by atoms with van der Waals surface area (Å²) in [6.45, 7) is 0. The minimum Gasteiger partial charge on any atom is -0.349 e. The van der Waals surface area contributed by atoms with Crippen LogP contribution in [0.5, 0.6) is 0 Å². The van der Waals surface area contributed by atoms with Crippen molar-refractivity contribution in [2.45, 2.75) is 37.5 Å². The largest absolute Gasteiger partial charge is 0.452 e. The van der Waals surface area contributed by atoms with Gasteiger partial charge in [0, 0.05) is 23.9 Å². The van der Waals surface area contributed by atoms with Crippen LogP contribution in [0.1, 0.15) is 35.8 Å². The van der Waals surface area contributed by atoms with Crippen molar-refractivity contribution in [2.75, 3.05) is 5.32 Å². The number of halogens is 4. The highest BCUT2D eigenvalue weighted by Gasteiger charge is 2.44. The molecule has 2 bridgehead atoms. The second-order valence-electron chi connectivity index (χ2n) is 6.03. The Morgan fingerprint density at radius 1 is 1.36 bits per heavy atom. The van der Waals surface area contributed by atoms with Crippen LogP contribution in [-0.2, 0) is 12.6 Å². The lowest BCUT2D eigenvalue weighted by atomic mass is 9.95. The Labute approximate surface area is 138 Å². The van der Waals surface area contributed by atoms with Crippen LogP contribution in [0.15, 0.2) is 22.9 Å². The van der Waals surface area contributed by atoms with Gasteiger partial charge in [-0.15, -0.1) is 0 Å². The van der Waals surface area contributed by atoms with Gasteiger partial charge in [-0.25, -0.2) is 9.78 Å². The molecule has 4 heterocycles. The van der Waals surface area contributed by atoms with Gasteiger partial charge in [0.25, 0.3) is 0 Å². The van der Waals surface area contributed by atoms with Crippen molar-refractivity contribution in [3.63, 3.8) is 0 Å². The molecule has 0 saturated carbocycles. The summed E-state index contributed by atoms with van der Waals surface area (Å²) in [7, 11) is 0. The third-order valence-corrected chi connectivity index (χ3v) is 4.60. The van der Waals surface area contributed by atoms with Crippen LogP contribution < -0.4 is 5.32 Å². The van der Waals surface area contributed by atoms with Crippen molar-refractivity contribution < 1.29 is 26.9 Å². The Hall–Kier alpha value is -2.65. The molecule has 0 unspecified atom stereocenters. The number of hydrogen-bond donors (Lipinski definition) is 1. The highest BCUT2D eigenvalue weighted by atomic mass is 19.4. The number of alkyl halides is 3. The topological polar surface area (TPSA) is 71.3 Å². The summed E-state index contributed by atoms with van der Waals surface area (Å²) in [5, 5.41) is 5.55. The molecule has 10 heteroatoms. The Bertz CT molecular complexity index is 835. The Morgan fingerprint density at radius 3 is 2.88 bits per heavy atom. The van der Waals surface area contributed by atoms with Crippen LogP contribution in [0.2, 0.25) is 0 Å². The highest BCUT2D eigenvalue weighted by Crippen LogP contribution is 2.44. The first-order chi connectivity index (χ1) is 11.8. The molecule has 0 radical (unpaired) electrons. The van der Waals surface area contributed by atoms with E-state index in [1.54, 1.807) is 6.07 Å². The van der Waals surface area contributed by atoms with E-state index in [4.69, 9.17) is 0 Å². The van der Waals surface area contributed by atoms with Gasteiger partial charge in [-0.05, 0) is 30.9 Å². The van der Waals surface area contributed by atoms with Gasteiger partial charge in [0.15, 0.2) is 5.82 Å². The molecule has 0 spiro atoms. The molecule has 2 aromatic rings. The normalized spacial score (nSPS) is 22.0. The zero-order chi connectivity index (χ0) is 17.8. The molecule has 25 heavy (non-hydrogen) atoms. The van der Waals surface area contributed by atoms with Crippen LogP contribution >= 0.6 is 0 Å². The zero-order valence-corrected chi connectivity index (χ0v) is 12.7. The van der Waals surface area contributed by atoms with Gasteiger partial charge in [0.05, 0.1) is 6.04 Å². The smallest absolute Gasteiger partial charge is 0.349 e. The van der Waals surface area contributed by atoms with Crippen molar-refractivity contribution in [2.24, 2.45) is 0 Å². The number of amides is 2. The predicted octanol–water partition coefficient (Wildman–Crippen LogP) is 3.52. The third-order valence-electron chi connectivity index (χ3n) is 4.60. The maximum atomic E-state index is 13.9. The van der Waals surface area contributed by atoms with Crippen molar-refractivity contribution in [3.8, 4) is 0 Å². The molecule has 0 aliphatic carbocycles. The lowest BCUT2D eigenvalue weighted by Crippen LogP contribution is -2.44. The number of nitrogens with zero attached hydrogens (tertiary/aromatic N) is 3. The van der Waals surface area contributed by atoms with Gasteiger partial charge < -0.3 is 9.42 Å². The monoisotopic (exact) mass is 356 g/mol. The number of fused-ring (bicyclic) bond motifs is 4. The lowest BCUT2D eigenvalue weighted by molar-refractivity contribution is -0.155. The molecule has 1 N–H and O–H groups in total. The van der Waals surface area contributed by atoms with Crippen molar-refractivity contribution in [3.05, 3.63) is 41.2 Å². The van der Waals surface area contributed by atoms with Gasteiger partial charge in [0.2, 0.25) is 11.7 Å². The molecule has 2 aromatic heterocycles. The molecule has 1 fully saturated rings. The summed E-state index contributed by atoms with van der Waals surface area (Å²) in [6.07, 6.45) is -1.68. The first-order valence-electron chi connectivity index (χ1n) is 7.61. The number of pyridine rings is 1. The first-order valence-corrected chi connectivity index (χ1v) is 7.61. The van der Waals surface area contributed by atoms with Crippen LogP contribution in [0.3, 0.4) is 0 Å². The van der Waals surface area contributed by atoms with Gasteiger partial charge >= 0.3 is 12.2 Å². The number of hydrogen-bond acceptors (Lipinski definition) is 4. The molecule has 2 amide bonds. The number of rotatable bonds is 1. The molecule has 0 aromatic carbocycles. The number of carbonyl (C=O) groups excluding carboxylic acids is 1. The molecular weight excluding hydrogens is 344 g/mol. The van der Waals surface area contributed by atoms with E-state index in [0.29, 0.717) is 36.5 Å². The average Bonchev–Trinajstić information content (AvgIpc) is 3.12. The summed E-state index contributed by atoms with van der Waals surface area (Å²) < 4.78 is 55.7. The van der Waals surface area contributed by atoms with Crippen molar-refractivity contribution >= 4 is 11.8 Å². The summed E-state index contributed by atoms with van der Waals surface area (Å²) in [5.41, 5.74) is 1.19. The lowest BCUT2D eigenvalue weighted by Gasteiger charge is -2.35. The summed E-state index contributed by atoms with van der Waals surface area (Å²) in [6, 6.07) is 1.15. The van der Waals surface area contributed by atoms with E-state index in [0.717, 1.165) is 0 Å². The van der Waals surface area contributed by atoms with E-state index in [2.05, 4.69) is 20.0 Å². The highest BCUT2D eigenvalue weighted by molar-refractivity contribution is 5.89. The number of anilines is 1. The molecule has 2 aliphatic rings. The predicted molar refractivity (Wildman–Crippen MR) is 76.0 cm³/mol. The second-order valence-corrected chi connectivity index (χ2v) is 6.03. The quantitative estimate of drug-likeness (QED) is 0.627. The Morgan fingerprint density at radius 2 is 2.16 bits per heavy atom. The van der Waals surface area contributed by atoms with E-state index in [9.17, 15) is 22.4 Å². The molecule has 6 nitrogen and oxygen atoms in total. The molecule has 4 rings (SSSR count). The van der Waals surface area contributed by atoms with Crippen molar-refractivity contribution in [1.29, 1.82) is 0 Å². The van der Waals surface area contributed by atoms with Gasteiger partial charge in [0.1, 0.15) is 0 Å². The third kappa shape index (κ3) is 2.61. The molecule has 1 saturated heterocycles. The minimum atomic E-state index is -4.68. The van der Waals surface area contributed by atoms with Crippen LogP contribution in [0.4, 0.5) is 28.2 Å². The summed E-state index contributed by atoms with van der Waals surface area (Å²) in [5.74, 6) is -2.15. The van der Waals surface area contributed by atoms with Gasteiger partial charge in [-0.3, -0.25) is 5.32 Å². The van der Waals surface area contributed by atoms with E-state index in [-0.39, 0.29) is 17.9 Å². The zero-order valence-electron chi connectivity index (χ0n) is 12.7. The van der Waals surface area contributed by atoms with Gasteiger partial charge in [-0.2, -0.15) is 17.6 Å². The average molecular weight is 356 g/mol. The maximum Gasteiger partial charge on any atom is 0.452 e. The fourth-order valence-electron chi connectivity index (χ4n) is 3.57. The minimum absolute atomic E-state index is 0.231. The second kappa shape index (κ2) is 5.43. The Balaban J connectivity index is 1.56. The fourth-order valence-corrected chi connectivity index (χ4v) is 3.57. The van der Waals surface area contributed by atoms with Crippen LogP contribution in [0.25, 0.3) is 0 Å². The summed E-state index contributed by atoms with van der Waals surface area (Å²) in [4.78, 5) is 17.7. The first kappa shape index (κ1) is 15.9. The van der Waals surface area contributed by atoms with Crippen molar-refractivity contribution in [1.82, 2.24) is 15.0 Å². The maximum absolute atomic E-state index is 13.9. The van der Waals surface area contributed by atoms with Gasteiger partial charge in [-0.1, -0.05) is 5.16 Å². The molecule has 132 valence electrons.